The first-order valence-corrected chi connectivity index (χ1v) is 6.85. The maximum absolute atomic E-state index is 5.99. The summed E-state index contributed by atoms with van der Waals surface area (Å²) in [6.45, 7) is 10.3. The van der Waals surface area contributed by atoms with Crippen molar-refractivity contribution in [1.29, 1.82) is 0 Å². The average molecular weight is 295 g/mol. The highest BCUT2D eigenvalue weighted by atomic mass is 79.9. The fourth-order valence-electron chi connectivity index (χ4n) is 2.23. The Hall–Kier alpha value is -0.760. The molecule has 0 bridgehead atoms. The molecule has 1 aliphatic carbocycles. The Morgan fingerprint density at radius 2 is 1.82 bits per heavy atom. The molecule has 1 fully saturated rings. The van der Waals surface area contributed by atoms with Crippen LogP contribution in [0.2, 0.25) is 0 Å². The lowest BCUT2D eigenvalue weighted by Crippen LogP contribution is -2.34. The van der Waals surface area contributed by atoms with Crippen LogP contribution in [-0.4, -0.2) is 6.10 Å². The van der Waals surface area contributed by atoms with Crippen molar-refractivity contribution in [2.75, 3.05) is 0 Å². The molecule has 0 saturated heterocycles. The summed E-state index contributed by atoms with van der Waals surface area (Å²) in [4.78, 5) is 0. The maximum atomic E-state index is 5.99. The van der Waals surface area contributed by atoms with E-state index in [1.54, 1.807) is 0 Å². The van der Waals surface area contributed by atoms with Crippen molar-refractivity contribution in [1.82, 2.24) is 0 Å². The molecule has 0 unspecified atom stereocenters. The largest absolute Gasteiger partial charge is 0.490 e. The number of hydrogen-bond donors (Lipinski definition) is 0. The minimum Gasteiger partial charge on any atom is -0.490 e. The average Bonchev–Trinajstić information content (AvgIpc) is 2.18. The van der Waals surface area contributed by atoms with Gasteiger partial charge in [-0.25, -0.2) is 0 Å². The lowest BCUT2D eigenvalue weighted by Gasteiger charge is -2.36. The standard InChI is InChI=1S/C15H19BrO/c1-9(2)12-7-14(8-12)17-13-5-10(3)15(16)11(4)6-13/h5-6,12,14H,1,7-8H2,2-4H3/t12-,14+. The fraction of sp³-hybridized carbons (Fsp3) is 0.467. The van der Waals surface area contributed by atoms with Crippen LogP contribution in [0.15, 0.2) is 28.8 Å². The van der Waals surface area contributed by atoms with Crippen LogP contribution in [0.3, 0.4) is 0 Å². The second-order valence-electron chi connectivity index (χ2n) is 5.13. The van der Waals surface area contributed by atoms with Crippen molar-refractivity contribution >= 4 is 15.9 Å². The third kappa shape index (κ3) is 2.74. The van der Waals surface area contributed by atoms with Gasteiger partial charge in [-0.2, -0.15) is 0 Å². The summed E-state index contributed by atoms with van der Waals surface area (Å²) >= 11 is 3.57. The summed E-state index contributed by atoms with van der Waals surface area (Å²) < 4.78 is 7.16. The van der Waals surface area contributed by atoms with Gasteiger partial charge < -0.3 is 4.74 Å². The van der Waals surface area contributed by atoms with Crippen LogP contribution in [0.1, 0.15) is 30.9 Å². The van der Waals surface area contributed by atoms with Gasteiger partial charge in [0.25, 0.3) is 0 Å². The van der Waals surface area contributed by atoms with Crippen molar-refractivity contribution in [3.05, 3.63) is 39.9 Å². The monoisotopic (exact) mass is 294 g/mol. The van der Waals surface area contributed by atoms with Gasteiger partial charge in [-0.3, -0.25) is 0 Å². The number of ether oxygens (including phenoxy) is 1. The van der Waals surface area contributed by atoms with Crippen molar-refractivity contribution in [2.24, 2.45) is 5.92 Å². The predicted octanol–water partition coefficient (Wildman–Crippen LogP) is 4.80. The summed E-state index contributed by atoms with van der Waals surface area (Å²) in [5.74, 6) is 1.66. The quantitative estimate of drug-likeness (QED) is 0.728. The molecule has 0 aliphatic heterocycles. The fourth-order valence-corrected chi connectivity index (χ4v) is 2.46. The highest BCUT2D eigenvalue weighted by Crippen LogP contribution is 2.36. The molecule has 17 heavy (non-hydrogen) atoms. The van der Waals surface area contributed by atoms with Crippen LogP contribution in [0.5, 0.6) is 5.75 Å². The number of halogens is 1. The van der Waals surface area contributed by atoms with Crippen LogP contribution < -0.4 is 4.74 Å². The van der Waals surface area contributed by atoms with E-state index in [9.17, 15) is 0 Å². The molecule has 92 valence electrons. The normalized spacial score (nSPS) is 23.1. The maximum Gasteiger partial charge on any atom is 0.120 e. The van der Waals surface area contributed by atoms with Crippen LogP contribution in [0.4, 0.5) is 0 Å². The molecule has 0 atom stereocenters. The zero-order valence-corrected chi connectivity index (χ0v) is 12.3. The van der Waals surface area contributed by atoms with Gasteiger partial charge in [0.1, 0.15) is 5.75 Å². The molecule has 2 rings (SSSR count). The topological polar surface area (TPSA) is 9.23 Å². The van der Waals surface area contributed by atoms with Crippen LogP contribution >= 0.6 is 15.9 Å². The number of allylic oxidation sites excluding steroid dienone is 1. The molecule has 1 saturated carbocycles. The number of benzene rings is 1. The molecule has 1 nitrogen and oxygen atoms in total. The number of rotatable bonds is 3. The first-order valence-electron chi connectivity index (χ1n) is 6.06. The molecule has 0 aromatic heterocycles. The van der Waals surface area contributed by atoms with Gasteiger partial charge in [0.2, 0.25) is 0 Å². The van der Waals surface area contributed by atoms with E-state index < -0.39 is 0 Å². The summed E-state index contributed by atoms with van der Waals surface area (Å²) in [6, 6.07) is 4.20. The molecule has 1 aromatic rings. The Labute approximate surface area is 112 Å². The predicted molar refractivity (Wildman–Crippen MR) is 75.6 cm³/mol. The van der Waals surface area contributed by atoms with E-state index in [1.807, 2.05) is 0 Å². The van der Waals surface area contributed by atoms with E-state index in [-0.39, 0.29) is 0 Å². The molecule has 0 N–H and O–H groups in total. The van der Waals surface area contributed by atoms with Gasteiger partial charge in [-0.05, 0) is 62.8 Å². The van der Waals surface area contributed by atoms with Crippen molar-refractivity contribution in [2.45, 2.75) is 39.7 Å². The summed E-state index contributed by atoms with van der Waals surface area (Å²) in [5.41, 5.74) is 3.75. The third-order valence-electron chi connectivity index (χ3n) is 3.50. The van der Waals surface area contributed by atoms with E-state index in [1.165, 1.54) is 21.2 Å². The van der Waals surface area contributed by atoms with Gasteiger partial charge in [0.15, 0.2) is 0 Å². The highest BCUT2D eigenvalue weighted by molar-refractivity contribution is 9.10. The van der Waals surface area contributed by atoms with Crippen LogP contribution in [-0.2, 0) is 0 Å². The van der Waals surface area contributed by atoms with Gasteiger partial charge in [-0.15, -0.1) is 0 Å². The zero-order valence-electron chi connectivity index (χ0n) is 10.7. The van der Waals surface area contributed by atoms with Crippen LogP contribution in [0, 0.1) is 19.8 Å². The van der Waals surface area contributed by atoms with Crippen molar-refractivity contribution < 1.29 is 4.74 Å². The van der Waals surface area contributed by atoms with Gasteiger partial charge in [-0.1, -0.05) is 28.1 Å². The summed E-state index contributed by atoms with van der Waals surface area (Å²) in [7, 11) is 0. The van der Waals surface area contributed by atoms with Gasteiger partial charge >= 0.3 is 0 Å². The van der Waals surface area contributed by atoms with Gasteiger partial charge in [0, 0.05) is 4.47 Å². The van der Waals surface area contributed by atoms with E-state index >= 15 is 0 Å². The third-order valence-corrected chi connectivity index (χ3v) is 4.76. The second-order valence-corrected chi connectivity index (χ2v) is 5.92. The minimum absolute atomic E-state index is 0.372. The lowest BCUT2D eigenvalue weighted by atomic mass is 9.78. The Morgan fingerprint density at radius 1 is 1.29 bits per heavy atom. The zero-order chi connectivity index (χ0) is 12.6. The molecular weight excluding hydrogens is 276 g/mol. The Bertz CT molecular complexity index is 421. The molecule has 1 aromatic carbocycles. The molecule has 0 radical (unpaired) electrons. The van der Waals surface area contributed by atoms with Crippen LogP contribution in [0.25, 0.3) is 0 Å². The Kier molecular flexibility index (Phi) is 3.62. The Balaban J connectivity index is 1.99. The first-order chi connectivity index (χ1) is 7.97. The Morgan fingerprint density at radius 3 is 2.29 bits per heavy atom. The van der Waals surface area contributed by atoms with E-state index in [2.05, 4.69) is 55.4 Å². The second kappa shape index (κ2) is 4.85. The minimum atomic E-state index is 0.372. The number of hydrogen-bond acceptors (Lipinski definition) is 1. The molecule has 1 aliphatic rings. The number of aryl methyl sites for hydroxylation is 2. The summed E-state index contributed by atoms with van der Waals surface area (Å²) in [5, 5.41) is 0. The highest BCUT2D eigenvalue weighted by Gasteiger charge is 2.31. The van der Waals surface area contributed by atoms with E-state index in [4.69, 9.17) is 4.74 Å². The lowest BCUT2D eigenvalue weighted by molar-refractivity contribution is 0.0814. The molecular formula is C15H19BrO. The summed E-state index contributed by atoms with van der Waals surface area (Å²) in [6.07, 6.45) is 2.60. The molecule has 0 spiro atoms. The van der Waals surface area contributed by atoms with Crippen molar-refractivity contribution in [3.8, 4) is 5.75 Å². The molecule has 0 heterocycles. The SMILES string of the molecule is C=C(C)[C@H]1C[C@@H](Oc2cc(C)c(Br)c(C)c2)C1. The molecule has 2 heteroatoms. The first kappa shape index (κ1) is 12.7. The van der Waals surface area contributed by atoms with E-state index in [0.29, 0.717) is 12.0 Å². The molecule has 0 amide bonds. The van der Waals surface area contributed by atoms with E-state index in [0.717, 1.165) is 18.6 Å². The smallest absolute Gasteiger partial charge is 0.120 e. The van der Waals surface area contributed by atoms with Gasteiger partial charge in [0.05, 0.1) is 6.10 Å². The van der Waals surface area contributed by atoms with Crippen molar-refractivity contribution in [3.63, 3.8) is 0 Å².